The van der Waals surface area contributed by atoms with E-state index >= 15 is 0 Å². The van der Waals surface area contributed by atoms with E-state index in [1.807, 2.05) is 0 Å². The van der Waals surface area contributed by atoms with Gasteiger partial charge < -0.3 is 20.1 Å². The first kappa shape index (κ1) is 20.3. The molecule has 0 spiro atoms. The number of para-hydroxylation sites is 2. The van der Waals surface area contributed by atoms with Gasteiger partial charge in [0.05, 0.1) is 30.5 Å². The van der Waals surface area contributed by atoms with Crippen molar-refractivity contribution >= 4 is 34.8 Å². The van der Waals surface area contributed by atoms with Crippen molar-refractivity contribution in [2.24, 2.45) is 0 Å². The van der Waals surface area contributed by atoms with E-state index in [1.54, 1.807) is 55.6 Å². The van der Waals surface area contributed by atoms with Crippen LogP contribution in [0.4, 0.5) is 5.69 Å². The van der Waals surface area contributed by atoms with Crippen LogP contribution < -0.4 is 20.7 Å². The zero-order valence-electron chi connectivity index (χ0n) is 15.1. The van der Waals surface area contributed by atoms with Gasteiger partial charge in [-0.1, -0.05) is 24.3 Å². The molecule has 0 fully saturated rings. The zero-order valence-corrected chi connectivity index (χ0v) is 15.9. The van der Waals surface area contributed by atoms with Gasteiger partial charge in [0, 0.05) is 13.7 Å². The van der Waals surface area contributed by atoms with Crippen LogP contribution in [-0.2, 0) is 4.74 Å². The maximum absolute atomic E-state index is 12.4. The number of rotatable bonds is 7. The Morgan fingerprint density at radius 1 is 0.963 bits per heavy atom. The number of carbonyl (C=O) groups excluding carboxylic acids is 2. The molecule has 2 aromatic carbocycles. The third-order valence-electron chi connectivity index (χ3n) is 3.59. The molecule has 7 nitrogen and oxygen atoms in total. The molecule has 0 aliphatic rings. The smallest absolute Gasteiger partial charge is 0.261 e. The lowest BCUT2D eigenvalue weighted by Crippen LogP contribution is -2.35. The monoisotopic (exact) mass is 387 g/mol. The lowest BCUT2D eigenvalue weighted by molar-refractivity contribution is 0.0936. The first-order valence-corrected chi connectivity index (χ1v) is 8.59. The summed E-state index contributed by atoms with van der Waals surface area (Å²) in [6, 6.07) is 13.7. The number of nitrogens with one attached hydrogen (secondary N) is 3. The molecule has 2 amide bonds. The molecule has 0 bridgehead atoms. The van der Waals surface area contributed by atoms with Gasteiger partial charge in [0.1, 0.15) is 5.75 Å². The number of benzene rings is 2. The molecular formula is C19H21N3O4S. The van der Waals surface area contributed by atoms with Crippen LogP contribution in [0.5, 0.6) is 5.75 Å². The Morgan fingerprint density at radius 2 is 1.63 bits per heavy atom. The van der Waals surface area contributed by atoms with Crippen LogP contribution in [0.1, 0.15) is 20.7 Å². The Bertz CT molecular complexity index is 826. The summed E-state index contributed by atoms with van der Waals surface area (Å²) >= 11 is 5.21. The van der Waals surface area contributed by atoms with Gasteiger partial charge in [-0.15, -0.1) is 0 Å². The number of methoxy groups -OCH3 is 2. The highest BCUT2D eigenvalue weighted by Crippen LogP contribution is 2.18. The Balaban J connectivity index is 2.05. The molecule has 0 aliphatic carbocycles. The minimum absolute atomic E-state index is 0.0723. The van der Waals surface area contributed by atoms with Crippen molar-refractivity contribution in [1.82, 2.24) is 10.6 Å². The van der Waals surface area contributed by atoms with E-state index in [-0.39, 0.29) is 11.0 Å². The van der Waals surface area contributed by atoms with E-state index in [2.05, 4.69) is 16.0 Å². The van der Waals surface area contributed by atoms with Crippen LogP contribution in [0.15, 0.2) is 48.5 Å². The van der Waals surface area contributed by atoms with E-state index in [0.717, 1.165) is 0 Å². The van der Waals surface area contributed by atoms with Crippen LogP contribution in [0.3, 0.4) is 0 Å². The van der Waals surface area contributed by atoms with Crippen LogP contribution in [0.2, 0.25) is 0 Å². The Labute approximate surface area is 163 Å². The van der Waals surface area contributed by atoms with Crippen molar-refractivity contribution in [3.63, 3.8) is 0 Å². The van der Waals surface area contributed by atoms with Gasteiger partial charge >= 0.3 is 0 Å². The van der Waals surface area contributed by atoms with Crippen LogP contribution in [0.25, 0.3) is 0 Å². The summed E-state index contributed by atoms with van der Waals surface area (Å²) in [6.07, 6.45) is 0. The highest BCUT2D eigenvalue weighted by Gasteiger charge is 2.15. The van der Waals surface area contributed by atoms with E-state index in [0.29, 0.717) is 35.7 Å². The topological polar surface area (TPSA) is 88.7 Å². The van der Waals surface area contributed by atoms with Gasteiger partial charge in [0.15, 0.2) is 5.11 Å². The van der Waals surface area contributed by atoms with Crippen molar-refractivity contribution in [2.45, 2.75) is 0 Å². The average molecular weight is 387 g/mol. The molecule has 142 valence electrons. The third-order valence-corrected chi connectivity index (χ3v) is 3.79. The molecule has 0 saturated carbocycles. The van der Waals surface area contributed by atoms with Crippen LogP contribution in [-0.4, -0.2) is 44.3 Å². The minimum Gasteiger partial charge on any atom is -0.496 e. The number of anilines is 1. The quantitative estimate of drug-likeness (QED) is 0.499. The number of ether oxygens (including phenoxy) is 2. The van der Waals surface area contributed by atoms with Gasteiger partial charge in [-0.3, -0.25) is 14.9 Å². The number of hydrogen-bond acceptors (Lipinski definition) is 5. The molecule has 3 N–H and O–H groups in total. The third kappa shape index (κ3) is 5.77. The summed E-state index contributed by atoms with van der Waals surface area (Å²) in [6.45, 7) is 0.799. The number of amides is 2. The molecule has 0 atom stereocenters. The molecule has 0 saturated heterocycles. The molecule has 0 aromatic heterocycles. The molecule has 2 aromatic rings. The first-order valence-electron chi connectivity index (χ1n) is 8.18. The number of thiocarbonyl (C=S) groups is 1. The highest BCUT2D eigenvalue weighted by atomic mass is 32.1. The lowest BCUT2D eigenvalue weighted by Gasteiger charge is -2.14. The second-order valence-electron chi connectivity index (χ2n) is 5.40. The maximum Gasteiger partial charge on any atom is 0.261 e. The normalized spacial score (nSPS) is 10.0. The zero-order chi connectivity index (χ0) is 19.6. The van der Waals surface area contributed by atoms with Gasteiger partial charge in [-0.2, -0.15) is 0 Å². The number of carbonyl (C=O) groups is 2. The predicted molar refractivity (Wildman–Crippen MR) is 107 cm³/mol. The summed E-state index contributed by atoms with van der Waals surface area (Å²) in [5, 5.41) is 8.29. The standard InChI is InChI=1S/C19H21N3O4S/c1-25-12-11-20-17(23)13-7-3-5-9-15(13)21-19(27)22-18(24)14-8-4-6-10-16(14)26-2/h3-10H,11-12H2,1-2H3,(H,20,23)(H2,21,22,24,27). The second-order valence-corrected chi connectivity index (χ2v) is 5.81. The summed E-state index contributed by atoms with van der Waals surface area (Å²) < 4.78 is 10.1. The fraction of sp³-hybridized carbons (Fsp3) is 0.211. The fourth-order valence-corrected chi connectivity index (χ4v) is 2.51. The largest absolute Gasteiger partial charge is 0.496 e. The summed E-state index contributed by atoms with van der Waals surface area (Å²) in [7, 11) is 3.05. The fourth-order valence-electron chi connectivity index (χ4n) is 2.31. The minimum atomic E-state index is -0.410. The van der Waals surface area contributed by atoms with Crippen molar-refractivity contribution in [3.05, 3.63) is 59.7 Å². The van der Waals surface area contributed by atoms with E-state index in [1.165, 1.54) is 7.11 Å². The Morgan fingerprint density at radius 3 is 2.33 bits per heavy atom. The van der Waals surface area contributed by atoms with Gasteiger partial charge in [0.25, 0.3) is 11.8 Å². The lowest BCUT2D eigenvalue weighted by atomic mass is 10.1. The van der Waals surface area contributed by atoms with Crippen LogP contribution >= 0.6 is 12.2 Å². The molecule has 0 heterocycles. The van der Waals surface area contributed by atoms with Gasteiger partial charge in [-0.25, -0.2) is 0 Å². The molecule has 8 heteroatoms. The molecule has 2 rings (SSSR count). The maximum atomic E-state index is 12.4. The average Bonchev–Trinajstić information content (AvgIpc) is 2.68. The molecular weight excluding hydrogens is 366 g/mol. The van der Waals surface area contributed by atoms with Crippen molar-refractivity contribution < 1.29 is 19.1 Å². The highest BCUT2D eigenvalue weighted by molar-refractivity contribution is 7.80. The predicted octanol–water partition coefficient (Wildman–Crippen LogP) is 2.20. The van der Waals surface area contributed by atoms with E-state index < -0.39 is 5.91 Å². The summed E-state index contributed by atoms with van der Waals surface area (Å²) in [5.74, 6) is -0.239. The Hall–Kier alpha value is -2.97. The van der Waals surface area contributed by atoms with Crippen LogP contribution in [0, 0.1) is 0 Å². The second kappa shape index (κ2) is 10.2. The Kier molecular flexibility index (Phi) is 7.72. The SMILES string of the molecule is COCCNC(=O)c1ccccc1NC(=S)NC(=O)c1ccccc1OC. The molecule has 27 heavy (non-hydrogen) atoms. The molecule has 0 unspecified atom stereocenters. The van der Waals surface area contributed by atoms with E-state index in [4.69, 9.17) is 21.7 Å². The summed E-state index contributed by atoms with van der Waals surface area (Å²) in [5.41, 5.74) is 1.25. The van der Waals surface area contributed by atoms with Crippen molar-refractivity contribution in [3.8, 4) is 5.75 Å². The van der Waals surface area contributed by atoms with Crippen molar-refractivity contribution in [1.29, 1.82) is 0 Å². The summed E-state index contributed by atoms with van der Waals surface area (Å²) in [4.78, 5) is 24.7. The van der Waals surface area contributed by atoms with Gasteiger partial charge in [0.2, 0.25) is 0 Å². The molecule has 0 aliphatic heterocycles. The van der Waals surface area contributed by atoms with E-state index in [9.17, 15) is 9.59 Å². The first-order chi connectivity index (χ1) is 13.1. The van der Waals surface area contributed by atoms with Gasteiger partial charge in [-0.05, 0) is 36.5 Å². The molecule has 0 radical (unpaired) electrons. The number of hydrogen-bond donors (Lipinski definition) is 3. The van der Waals surface area contributed by atoms with Crippen molar-refractivity contribution in [2.75, 3.05) is 32.7 Å².